The molecule has 0 spiro atoms. The summed E-state index contributed by atoms with van der Waals surface area (Å²) in [6, 6.07) is 7.03. The number of nitrogens with zero attached hydrogens (tertiary/aromatic N) is 2. The molecule has 18 heavy (non-hydrogen) atoms. The van der Waals surface area contributed by atoms with Gasteiger partial charge in [-0.3, -0.25) is 0 Å². The molecule has 0 amide bonds. The molecule has 0 bridgehead atoms. The van der Waals surface area contributed by atoms with Gasteiger partial charge in [0.05, 0.1) is 13.7 Å². The smallest absolute Gasteiger partial charge is 0.166 e. The number of aliphatic hydroxyl groups excluding tert-OH is 1. The van der Waals surface area contributed by atoms with Crippen LogP contribution in [-0.4, -0.2) is 22.2 Å². The van der Waals surface area contributed by atoms with Crippen LogP contribution >= 0.6 is 0 Å². The third-order valence-corrected chi connectivity index (χ3v) is 2.39. The molecule has 0 unspecified atom stereocenters. The van der Waals surface area contributed by atoms with E-state index in [9.17, 15) is 0 Å². The Morgan fingerprint density at radius 2 is 1.94 bits per heavy atom. The van der Waals surface area contributed by atoms with Crippen LogP contribution in [0.5, 0.6) is 11.5 Å². The fourth-order valence-corrected chi connectivity index (χ4v) is 1.48. The molecule has 0 fully saturated rings. The van der Waals surface area contributed by atoms with Crippen LogP contribution in [0.15, 0.2) is 36.7 Å². The largest absolute Gasteiger partial charge is 0.493 e. The van der Waals surface area contributed by atoms with Crippen molar-refractivity contribution < 1.29 is 14.6 Å². The predicted octanol–water partition coefficient (Wildman–Crippen LogP) is 1.56. The third kappa shape index (κ3) is 2.95. The Bertz CT molecular complexity index is 503. The van der Waals surface area contributed by atoms with Gasteiger partial charge < -0.3 is 14.6 Å². The molecule has 0 aliphatic heterocycles. The van der Waals surface area contributed by atoms with Crippen molar-refractivity contribution in [2.24, 2.45) is 0 Å². The van der Waals surface area contributed by atoms with Gasteiger partial charge in [0.25, 0.3) is 0 Å². The summed E-state index contributed by atoms with van der Waals surface area (Å²) in [4.78, 5) is 8.13. The van der Waals surface area contributed by atoms with E-state index in [1.807, 2.05) is 0 Å². The van der Waals surface area contributed by atoms with Crippen molar-refractivity contribution >= 4 is 0 Å². The lowest BCUT2D eigenvalue weighted by Gasteiger charge is -2.10. The number of aliphatic hydroxyl groups is 1. The summed E-state index contributed by atoms with van der Waals surface area (Å²) in [7, 11) is 1.56. The molecule has 0 aliphatic rings. The first kappa shape index (κ1) is 12.3. The van der Waals surface area contributed by atoms with Crippen molar-refractivity contribution in [1.29, 1.82) is 0 Å². The molecular weight excluding hydrogens is 232 g/mol. The second-order valence-electron chi connectivity index (χ2n) is 3.60. The number of ether oxygens (including phenoxy) is 2. The lowest BCUT2D eigenvalue weighted by atomic mass is 10.2. The summed E-state index contributed by atoms with van der Waals surface area (Å²) in [6.07, 6.45) is 3.33. The molecule has 94 valence electrons. The van der Waals surface area contributed by atoms with E-state index in [4.69, 9.17) is 14.6 Å². The first-order valence-electron chi connectivity index (χ1n) is 5.50. The molecule has 0 aliphatic carbocycles. The quantitative estimate of drug-likeness (QED) is 0.867. The number of benzene rings is 1. The highest BCUT2D eigenvalue weighted by molar-refractivity contribution is 5.42. The minimum atomic E-state index is -0.0293. The van der Waals surface area contributed by atoms with Crippen LogP contribution in [0.2, 0.25) is 0 Å². The summed E-state index contributed by atoms with van der Waals surface area (Å²) in [5.41, 5.74) is 0.773. The lowest BCUT2D eigenvalue weighted by Crippen LogP contribution is -2.02. The molecule has 1 aromatic carbocycles. The first-order valence-corrected chi connectivity index (χ1v) is 5.50. The molecule has 0 saturated carbocycles. The molecule has 1 N–H and O–H groups in total. The van der Waals surface area contributed by atoms with Crippen molar-refractivity contribution in [3.05, 3.63) is 48.0 Å². The number of aromatic nitrogens is 2. The summed E-state index contributed by atoms with van der Waals surface area (Å²) >= 11 is 0. The van der Waals surface area contributed by atoms with Crippen molar-refractivity contribution in [3.63, 3.8) is 0 Å². The predicted molar refractivity (Wildman–Crippen MR) is 65.3 cm³/mol. The van der Waals surface area contributed by atoms with E-state index in [2.05, 4.69) is 9.97 Å². The highest BCUT2D eigenvalue weighted by atomic mass is 16.5. The van der Waals surface area contributed by atoms with Crippen molar-refractivity contribution in [2.45, 2.75) is 13.2 Å². The fourth-order valence-electron chi connectivity index (χ4n) is 1.48. The molecule has 0 radical (unpaired) electrons. The Morgan fingerprint density at radius 1 is 1.17 bits per heavy atom. The second kappa shape index (κ2) is 5.97. The van der Waals surface area contributed by atoms with E-state index in [-0.39, 0.29) is 13.2 Å². The van der Waals surface area contributed by atoms with Gasteiger partial charge in [-0.15, -0.1) is 0 Å². The molecule has 0 atom stereocenters. The number of hydrogen-bond donors (Lipinski definition) is 1. The summed E-state index contributed by atoms with van der Waals surface area (Å²) in [5, 5.41) is 9.04. The van der Waals surface area contributed by atoms with Gasteiger partial charge in [-0.25, -0.2) is 9.97 Å². The van der Waals surface area contributed by atoms with Crippen LogP contribution in [0.3, 0.4) is 0 Å². The molecule has 5 nitrogen and oxygen atoms in total. The Morgan fingerprint density at radius 3 is 2.61 bits per heavy atom. The zero-order chi connectivity index (χ0) is 12.8. The minimum Gasteiger partial charge on any atom is -0.493 e. The maximum absolute atomic E-state index is 9.04. The number of methoxy groups -OCH3 is 1. The summed E-state index contributed by atoms with van der Waals surface area (Å²) in [5.74, 6) is 1.78. The van der Waals surface area contributed by atoms with E-state index in [1.54, 1.807) is 43.8 Å². The molecular formula is C13H14N2O3. The van der Waals surface area contributed by atoms with Crippen LogP contribution in [0.1, 0.15) is 11.4 Å². The van der Waals surface area contributed by atoms with E-state index < -0.39 is 0 Å². The minimum absolute atomic E-state index is 0.0293. The normalized spacial score (nSPS) is 10.1. The van der Waals surface area contributed by atoms with Gasteiger partial charge in [0.15, 0.2) is 17.3 Å². The van der Waals surface area contributed by atoms with Gasteiger partial charge in [-0.1, -0.05) is 6.07 Å². The summed E-state index contributed by atoms with van der Waals surface area (Å²) < 4.78 is 10.8. The van der Waals surface area contributed by atoms with Gasteiger partial charge in [0.2, 0.25) is 0 Å². The van der Waals surface area contributed by atoms with Crippen LogP contribution in [-0.2, 0) is 13.2 Å². The zero-order valence-corrected chi connectivity index (χ0v) is 10.0. The van der Waals surface area contributed by atoms with Gasteiger partial charge >= 0.3 is 0 Å². The summed E-state index contributed by atoms with van der Waals surface area (Å²) in [6.45, 7) is 0.244. The molecule has 1 heterocycles. The highest BCUT2D eigenvalue weighted by Crippen LogP contribution is 2.28. The van der Waals surface area contributed by atoms with Crippen LogP contribution < -0.4 is 9.47 Å². The Hall–Kier alpha value is -2.14. The van der Waals surface area contributed by atoms with E-state index >= 15 is 0 Å². The first-order chi connectivity index (χ1) is 8.83. The fraction of sp³-hybridized carbons (Fsp3) is 0.231. The monoisotopic (exact) mass is 246 g/mol. The third-order valence-electron chi connectivity index (χ3n) is 2.39. The van der Waals surface area contributed by atoms with Crippen LogP contribution in [0.25, 0.3) is 0 Å². The van der Waals surface area contributed by atoms with Gasteiger partial charge in [-0.05, 0) is 23.8 Å². The van der Waals surface area contributed by atoms with Crippen LogP contribution in [0.4, 0.5) is 0 Å². The molecule has 0 saturated heterocycles. The van der Waals surface area contributed by atoms with Gasteiger partial charge in [0.1, 0.15) is 6.61 Å². The molecule has 5 heteroatoms. The van der Waals surface area contributed by atoms with Gasteiger partial charge in [-0.2, -0.15) is 0 Å². The van der Waals surface area contributed by atoms with Crippen molar-refractivity contribution in [3.8, 4) is 11.5 Å². The zero-order valence-electron chi connectivity index (χ0n) is 10.0. The Kier molecular flexibility index (Phi) is 4.09. The van der Waals surface area contributed by atoms with E-state index in [0.717, 1.165) is 5.56 Å². The van der Waals surface area contributed by atoms with Crippen LogP contribution in [0, 0.1) is 0 Å². The number of hydrogen-bond acceptors (Lipinski definition) is 5. The Labute approximate surface area is 105 Å². The van der Waals surface area contributed by atoms with Crippen molar-refractivity contribution in [1.82, 2.24) is 9.97 Å². The topological polar surface area (TPSA) is 64.5 Å². The molecule has 1 aromatic heterocycles. The second-order valence-corrected chi connectivity index (χ2v) is 3.60. The Balaban J connectivity index is 2.09. The maximum atomic E-state index is 9.04. The van der Waals surface area contributed by atoms with E-state index in [0.29, 0.717) is 17.3 Å². The average molecular weight is 246 g/mol. The maximum Gasteiger partial charge on any atom is 0.166 e. The standard InChI is InChI=1S/C13H14N2O3/c1-17-12-7-10(8-16)3-4-11(12)18-9-13-14-5-2-6-15-13/h2-7,16H,8-9H2,1H3. The molecule has 2 rings (SSSR count). The van der Waals surface area contributed by atoms with Gasteiger partial charge in [0, 0.05) is 12.4 Å². The lowest BCUT2D eigenvalue weighted by molar-refractivity contribution is 0.270. The van der Waals surface area contributed by atoms with Crippen molar-refractivity contribution in [2.75, 3.05) is 7.11 Å². The SMILES string of the molecule is COc1cc(CO)ccc1OCc1ncccn1. The average Bonchev–Trinajstić information content (AvgIpc) is 2.46. The number of rotatable bonds is 5. The molecule has 2 aromatic rings. The van der Waals surface area contributed by atoms with E-state index in [1.165, 1.54) is 0 Å². The highest BCUT2D eigenvalue weighted by Gasteiger charge is 2.06.